The summed E-state index contributed by atoms with van der Waals surface area (Å²) in [5, 5.41) is 0. The lowest BCUT2D eigenvalue weighted by molar-refractivity contribution is -0.138. The second-order valence-corrected chi connectivity index (χ2v) is 6.70. The fraction of sp³-hybridized carbons (Fsp3) is 0.667. The Hall–Kier alpha value is -1.58. The van der Waals surface area contributed by atoms with Gasteiger partial charge in [0.2, 0.25) is 5.91 Å². The summed E-state index contributed by atoms with van der Waals surface area (Å²) in [6.45, 7) is 4.77. The summed E-state index contributed by atoms with van der Waals surface area (Å²) in [5.41, 5.74) is 0. The second kappa shape index (κ2) is 7.12. The molecule has 0 spiro atoms. The van der Waals surface area contributed by atoms with Gasteiger partial charge in [-0.15, -0.1) is 0 Å². The Labute approximate surface area is 133 Å². The Bertz CT molecular complexity index is 482. The van der Waals surface area contributed by atoms with Crippen LogP contribution in [-0.4, -0.2) is 41.5 Å². The van der Waals surface area contributed by atoms with Crippen LogP contribution >= 0.6 is 0 Å². The van der Waals surface area contributed by atoms with Gasteiger partial charge in [0.1, 0.15) is 5.82 Å². The van der Waals surface area contributed by atoms with Crippen LogP contribution in [0.3, 0.4) is 0 Å². The molecule has 2 heterocycles. The number of amides is 1. The second-order valence-electron chi connectivity index (χ2n) is 6.70. The van der Waals surface area contributed by atoms with Gasteiger partial charge in [0.05, 0.1) is 0 Å². The number of pyridine rings is 1. The van der Waals surface area contributed by atoms with Crippen LogP contribution in [0.1, 0.15) is 45.4 Å². The van der Waals surface area contributed by atoms with E-state index in [9.17, 15) is 4.79 Å². The van der Waals surface area contributed by atoms with E-state index in [1.54, 1.807) is 0 Å². The van der Waals surface area contributed by atoms with Gasteiger partial charge in [-0.2, -0.15) is 0 Å². The molecule has 0 radical (unpaired) electrons. The molecule has 0 unspecified atom stereocenters. The van der Waals surface area contributed by atoms with Gasteiger partial charge < -0.3 is 9.80 Å². The van der Waals surface area contributed by atoms with Gasteiger partial charge in [0.25, 0.3) is 0 Å². The highest BCUT2D eigenvalue weighted by Gasteiger charge is 2.32. The first kappa shape index (κ1) is 15.3. The summed E-state index contributed by atoms with van der Waals surface area (Å²) in [5.74, 6) is 1.69. The Kier molecular flexibility index (Phi) is 4.96. The molecule has 4 nitrogen and oxygen atoms in total. The molecule has 1 saturated carbocycles. The summed E-state index contributed by atoms with van der Waals surface area (Å²) < 4.78 is 0. The number of rotatable bonds is 2. The van der Waals surface area contributed by atoms with Gasteiger partial charge in [-0.05, 0) is 31.9 Å². The highest BCUT2D eigenvalue weighted by Crippen LogP contribution is 2.26. The van der Waals surface area contributed by atoms with Crippen molar-refractivity contribution >= 4 is 11.7 Å². The monoisotopic (exact) mass is 301 g/mol. The third-order valence-corrected chi connectivity index (χ3v) is 5.09. The van der Waals surface area contributed by atoms with E-state index >= 15 is 0 Å². The number of aromatic nitrogens is 1. The smallest absolute Gasteiger partial charge is 0.226 e. The molecule has 1 aromatic rings. The van der Waals surface area contributed by atoms with Crippen LogP contribution in [0.4, 0.5) is 5.82 Å². The zero-order valence-electron chi connectivity index (χ0n) is 13.6. The Balaban J connectivity index is 1.61. The summed E-state index contributed by atoms with van der Waals surface area (Å²) in [4.78, 5) is 21.7. The molecule has 22 heavy (non-hydrogen) atoms. The first-order chi connectivity index (χ1) is 10.8. The summed E-state index contributed by atoms with van der Waals surface area (Å²) in [7, 11) is 0. The van der Waals surface area contributed by atoms with Crippen molar-refractivity contribution in [1.29, 1.82) is 0 Å². The van der Waals surface area contributed by atoms with Crippen molar-refractivity contribution in [1.82, 2.24) is 9.88 Å². The van der Waals surface area contributed by atoms with E-state index in [-0.39, 0.29) is 12.0 Å². The number of piperazine rings is 1. The maximum atomic E-state index is 12.9. The van der Waals surface area contributed by atoms with Gasteiger partial charge in [-0.3, -0.25) is 4.79 Å². The maximum absolute atomic E-state index is 12.9. The Morgan fingerprint density at radius 1 is 1.14 bits per heavy atom. The molecule has 0 bridgehead atoms. The van der Waals surface area contributed by atoms with Crippen molar-refractivity contribution in [2.45, 2.75) is 51.5 Å². The lowest BCUT2D eigenvalue weighted by Gasteiger charge is -2.41. The van der Waals surface area contributed by atoms with Gasteiger partial charge in [0, 0.05) is 37.8 Å². The molecule has 1 aromatic heterocycles. The largest absolute Gasteiger partial charge is 0.353 e. The third kappa shape index (κ3) is 3.42. The van der Waals surface area contributed by atoms with Crippen LogP contribution in [0, 0.1) is 5.92 Å². The van der Waals surface area contributed by atoms with Crippen molar-refractivity contribution in [3.05, 3.63) is 24.4 Å². The van der Waals surface area contributed by atoms with E-state index in [1.807, 2.05) is 18.3 Å². The molecular weight excluding hydrogens is 274 g/mol. The number of hydrogen-bond acceptors (Lipinski definition) is 3. The standard InChI is InChI=1S/C18H27N3O/c1-15-14-20(17-10-6-7-11-19-17)12-13-21(15)18(22)16-8-4-2-3-5-9-16/h6-7,10-11,15-16H,2-5,8-9,12-14H2,1H3/t15-/m1/s1. The molecule has 1 saturated heterocycles. The van der Waals surface area contributed by atoms with Gasteiger partial charge in [-0.25, -0.2) is 4.98 Å². The van der Waals surface area contributed by atoms with Crippen molar-refractivity contribution in [2.24, 2.45) is 5.92 Å². The van der Waals surface area contributed by atoms with E-state index in [4.69, 9.17) is 0 Å². The average molecular weight is 301 g/mol. The van der Waals surface area contributed by atoms with Crippen LogP contribution in [0.2, 0.25) is 0 Å². The van der Waals surface area contributed by atoms with Gasteiger partial charge in [0.15, 0.2) is 0 Å². The normalized spacial score (nSPS) is 24.1. The van der Waals surface area contributed by atoms with Crippen LogP contribution < -0.4 is 4.90 Å². The molecule has 3 rings (SSSR count). The van der Waals surface area contributed by atoms with Crippen molar-refractivity contribution in [3.63, 3.8) is 0 Å². The third-order valence-electron chi connectivity index (χ3n) is 5.09. The summed E-state index contributed by atoms with van der Waals surface area (Å²) in [6, 6.07) is 6.29. The molecule has 1 aliphatic heterocycles. The number of anilines is 1. The zero-order chi connectivity index (χ0) is 15.4. The van der Waals surface area contributed by atoms with Gasteiger partial charge >= 0.3 is 0 Å². The van der Waals surface area contributed by atoms with E-state index in [1.165, 1.54) is 25.7 Å². The predicted molar refractivity (Wildman–Crippen MR) is 88.8 cm³/mol. The zero-order valence-corrected chi connectivity index (χ0v) is 13.6. The fourth-order valence-corrected chi connectivity index (χ4v) is 3.79. The number of nitrogens with zero attached hydrogens (tertiary/aromatic N) is 3. The van der Waals surface area contributed by atoms with Crippen LogP contribution in [0.25, 0.3) is 0 Å². The molecule has 2 fully saturated rings. The molecule has 1 aliphatic carbocycles. The lowest BCUT2D eigenvalue weighted by atomic mass is 9.97. The van der Waals surface area contributed by atoms with Gasteiger partial charge in [-0.1, -0.05) is 31.7 Å². The van der Waals surface area contributed by atoms with E-state index < -0.39 is 0 Å². The Morgan fingerprint density at radius 2 is 1.91 bits per heavy atom. The molecule has 1 amide bonds. The number of carbonyl (C=O) groups excluding carboxylic acids is 1. The van der Waals surface area contributed by atoms with Crippen LogP contribution in [-0.2, 0) is 4.79 Å². The van der Waals surface area contributed by atoms with E-state index in [0.29, 0.717) is 5.91 Å². The first-order valence-corrected chi connectivity index (χ1v) is 8.72. The summed E-state index contributed by atoms with van der Waals surface area (Å²) >= 11 is 0. The number of hydrogen-bond donors (Lipinski definition) is 0. The molecule has 4 heteroatoms. The summed E-state index contributed by atoms with van der Waals surface area (Å²) in [6.07, 6.45) is 9.05. The quantitative estimate of drug-likeness (QED) is 0.788. The fourth-order valence-electron chi connectivity index (χ4n) is 3.79. The predicted octanol–water partition coefficient (Wildman–Crippen LogP) is 3.09. The molecule has 120 valence electrons. The first-order valence-electron chi connectivity index (χ1n) is 8.72. The molecule has 0 N–H and O–H groups in total. The van der Waals surface area contributed by atoms with E-state index in [0.717, 1.165) is 38.3 Å². The average Bonchev–Trinajstić information content (AvgIpc) is 2.84. The minimum Gasteiger partial charge on any atom is -0.353 e. The Morgan fingerprint density at radius 3 is 2.55 bits per heavy atom. The minimum atomic E-state index is 0.270. The van der Waals surface area contributed by atoms with Crippen molar-refractivity contribution < 1.29 is 4.79 Å². The lowest BCUT2D eigenvalue weighted by Crippen LogP contribution is -2.55. The van der Waals surface area contributed by atoms with E-state index in [2.05, 4.69) is 27.8 Å². The van der Waals surface area contributed by atoms with Crippen molar-refractivity contribution in [2.75, 3.05) is 24.5 Å². The molecule has 1 atom stereocenters. The highest BCUT2D eigenvalue weighted by atomic mass is 16.2. The molecule has 0 aromatic carbocycles. The highest BCUT2D eigenvalue weighted by molar-refractivity contribution is 5.79. The van der Waals surface area contributed by atoms with Crippen LogP contribution in [0.5, 0.6) is 0 Å². The molecule has 2 aliphatic rings. The van der Waals surface area contributed by atoms with Crippen molar-refractivity contribution in [3.8, 4) is 0 Å². The topological polar surface area (TPSA) is 36.4 Å². The van der Waals surface area contributed by atoms with Crippen LogP contribution in [0.15, 0.2) is 24.4 Å². The number of carbonyl (C=O) groups is 1. The molecular formula is C18H27N3O. The maximum Gasteiger partial charge on any atom is 0.226 e. The SMILES string of the molecule is C[C@@H]1CN(c2ccccn2)CCN1C(=O)C1CCCCCC1. The minimum absolute atomic E-state index is 0.270.